The van der Waals surface area contributed by atoms with E-state index in [2.05, 4.69) is 10.2 Å². The number of azo groups is 1. The predicted molar refractivity (Wildman–Crippen MR) is 76.3 cm³/mol. The average Bonchev–Trinajstić information content (AvgIpc) is 2.53. The second kappa shape index (κ2) is 6.63. The summed E-state index contributed by atoms with van der Waals surface area (Å²) in [6.45, 7) is 0. The molecule has 94 valence electrons. The summed E-state index contributed by atoms with van der Waals surface area (Å²) in [5, 5.41) is 25.6. The molecular formula is C16H10N4. The van der Waals surface area contributed by atoms with E-state index in [9.17, 15) is 0 Å². The Bertz CT molecular complexity index is 698. The van der Waals surface area contributed by atoms with Gasteiger partial charge in [-0.25, -0.2) is 0 Å². The minimum Gasteiger partial charge on any atom is -0.192 e. The van der Waals surface area contributed by atoms with E-state index in [1.165, 1.54) is 6.08 Å². The van der Waals surface area contributed by atoms with Crippen LogP contribution in [0.4, 0.5) is 11.4 Å². The molecule has 0 fully saturated rings. The Balaban J connectivity index is 2.14. The Morgan fingerprint density at radius 3 is 1.90 bits per heavy atom. The average molecular weight is 258 g/mol. The molecule has 0 aliphatic heterocycles. The quantitative estimate of drug-likeness (QED) is 0.599. The van der Waals surface area contributed by atoms with Crippen molar-refractivity contribution in [1.82, 2.24) is 0 Å². The van der Waals surface area contributed by atoms with Gasteiger partial charge in [0, 0.05) is 0 Å². The number of nitrogens with zero attached hydrogens (tertiary/aromatic N) is 4. The largest absolute Gasteiger partial charge is 0.192 e. The molecule has 0 unspecified atom stereocenters. The summed E-state index contributed by atoms with van der Waals surface area (Å²) in [7, 11) is 0. The Kier molecular flexibility index (Phi) is 4.37. The van der Waals surface area contributed by atoms with Crippen molar-refractivity contribution in [3.8, 4) is 12.1 Å². The van der Waals surface area contributed by atoms with Crippen molar-refractivity contribution < 1.29 is 0 Å². The Hall–Kier alpha value is -3.24. The molecule has 0 heterocycles. The lowest BCUT2D eigenvalue weighted by molar-refractivity contribution is 1.23. The van der Waals surface area contributed by atoms with Crippen molar-refractivity contribution in [3.63, 3.8) is 0 Å². The summed E-state index contributed by atoms with van der Waals surface area (Å²) in [4.78, 5) is 0. The highest BCUT2D eigenvalue weighted by molar-refractivity contribution is 5.63. The van der Waals surface area contributed by atoms with Gasteiger partial charge < -0.3 is 0 Å². The highest BCUT2D eigenvalue weighted by atomic mass is 15.1. The molecule has 0 atom stereocenters. The lowest BCUT2D eigenvalue weighted by Crippen LogP contribution is -1.75. The second-order valence-electron chi connectivity index (χ2n) is 3.91. The summed E-state index contributed by atoms with van der Waals surface area (Å²) in [6, 6.07) is 20.2. The molecule has 0 saturated carbocycles. The van der Waals surface area contributed by atoms with E-state index in [0.29, 0.717) is 5.69 Å². The summed E-state index contributed by atoms with van der Waals surface area (Å²) < 4.78 is 0. The predicted octanol–water partition coefficient (Wildman–Crippen LogP) is 4.53. The van der Waals surface area contributed by atoms with Crippen LogP contribution in [-0.2, 0) is 0 Å². The topological polar surface area (TPSA) is 72.3 Å². The fourth-order valence-corrected chi connectivity index (χ4v) is 1.50. The maximum atomic E-state index is 8.68. The maximum Gasteiger partial charge on any atom is 0.130 e. The number of allylic oxidation sites excluding steroid dienone is 1. The second-order valence-corrected chi connectivity index (χ2v) is 3.91. The Labute approximate surface area is 116 Å². The van der Waals surface area contributed by atoms with Crippen LogP contribution < -0.4 is 0 Å². The van der Waals surface area contributed by atoms with Gasteiger partial charge in [0.2, 0.25) is 0 Å². The SMILES string of the molecule is N#CC(C#N)=Cc1ccc(N=Nc2ccccc2)cc1. The molecule has 0 N–H and O–H groups in total. The zero-order valence-electron chi connectivity index (χ0n) is 10.6. The van der Waals surface area contributed by atoms with E-state index in [1.54, 1.807) is 24.3 Å². The van der Waals surface area contributed by atoms with Gasteiger partial charge in [-0.05, 0) is 35.9 Å². The van der Waals surface area contributed by atoms with Gasteiger partial charge in [-0.2, -0.15) is 20.8 Å². The van der Waals surface area contributed by atoms with Crippen LogP contribution in [-0.4, -0.2) is 0 Å². The number of benzene rings is 2. The normalized spacial score (nSPS) is 9.70. The molecular weight excluding hydrogens is 248 g/mol. The van der Waals surface area contributed by atoms with E-state index in [1.807, 2.05) is 42.5 Å². The molecule has 0 aromatic heterocycles. The Morgan fingerprint density at radius 1 is 0.800 bits per heavy atom. The third-order valence-electron chi connectivity index (χ3n) is 2.48. The maximum absolute atomic E-state index is 8.68. The molecule has 0 spiro atoms. The number of hydrogen-bond acceptors (Lipinski definition) is 4. The van der Waals surface area contributed by atoms with Crippen molar-refractivity contribution in [2.24, 2.45) is 10.2 Å². The fourth-order valence-electron chi connectivity index (χ4n) is 1.50. The van der Waals surface area contributed by atoms with Crippen LogP contribution in [0.2, 0.25) is 0 Å². The van der Waals surface area contributed by atoms with Crippen LogP contribution in [0, 0.1) is 22.7 Å². The van der Waals surface area contributed by atoms with Gasteiger partial charge in [-0.3, -0.25) is 0 Å². The van der Waals surface area contributed by atoms with Crippen LogP contribution in [0.15, 0.2) is 70.4 Å². The zero-order chi connectivity index (χ0) is 14.2. The van der Waals surface area contributed by atoms with E-state index in [-0.39, 0.29) is 5.57 Å². The number of nitriles is 2. The summed E-state index contributed by atoms with van der Waals surface area (Å²) in [6.07, 6.45) is 1.53. The van der Waals surface area contributed by atoms with Crippen molar-refractivity contribution in [2.75, 3.05) is 0 Å². The fraction of sp³-hybridized carbons (Fsp3) is 0. The third-order valence-corrected chi connectivity index (χ3v) is 2.48. The first-order valence-electron chi connectivity index (χ1n) is 5.90. The minimum absolute atomic E-state index is 0.0728. The zero-order valence-corrected chi connectivity index (χ0v) is 10.6. The van der Waals surface area contributed by atoms with Gasteiger partial charge in [0.25, 0.3) is 0 Å². The highest BCUT2D eigenvalue weighted by Crippen LogP contribution is 2.19. The van der Waals surface area contributed by atoms with Gasteiger partial charge in [-0.1, -0.05) is 30.3 Å². The number of rotatable bonds is 3. The lowest BCUT2D eigenvalue weighted by Gasteiger charge is -1.95. The molecule has 2 rings (SSSR count). The first-order valence-corrected chi connectivity index (χ1v) is 5.90. The molecule has 0 radical (unpaired) electrons. The molecule has 0 aliphatic carbocycles. The highest BCUT2D eigenvalue weighted by Gasteiger charge is 1.95. The van der Waals surface area contributed by atoms with Crippen molar-refractivity contribution in [2.45, 2.75) is 0 Å². The van der Waals surface area contributed by atoms with Gasteiger partial charge in [0.05, 0.1) is 11.4 Å². The van der Waals surface area contributed by atoms with E-state index in [0.717, 1.165) is 11.3 Å². The molecule has 0 saturated heterocycles. The van der Waals surface area contributed by atoms with Gasteiger partial charge in [0.1, 0.15) is 17.7 Å². The van der Waals surface area contributed by atoms with E-state index >= 15 is 0 Å². The van der Waals surface area contributed by atoms with Crippen LogP contribution in [0.5, 0.6) is 0 Å². The molecule has 2 aromatic rings. The molecule has 0 aliphatic rings. The molecule has 20 heavy (non-hydrogen) atoms. The standard InChI is InChI=1S/C16H10N4/c17-11-14(12-18)10-13-6-8-16(9-7-13)20-19-15-4-2-1-3-5-15/h1-10H. The summed E-state index contributed by atoms with van der Waals surface area (Å²) in [5.74, 6) is 0. The van der Waals surface area contributed by atoms with Gasteiger partial charge in [0.15, 0.2) is 0 Å². The van der Waals surface area contributed by atoms with Crippen molar-refractivity contribution >= 4 is 17.5 Å². The van der Waals surface area contributed by atoms with Crippen LogP contribution >= 0.6 is 0 Å². The molecule has 4 nitrogen and oxygen atoms in total. The van der Waals surface area contributed by atoms with Crippen LogP contribution in [0.3, 0.4) is 0 Å². The molecule has 0 amide bonds. The number of hydrogen-bond donors (Lipinski definition) is 0. The first kappa shape index (κ1) is 13.2. The van der Waals surface area contributed by atoms with Gasteiger partial charge in [-0.15, -0.1) is 0 Å². The summed E-state index contributed by atoms with van der Waals surface area (Å²) in [5.41, 5.74) is 2.35. The van der Waals surface area contributed by atoms with E-state index < -0.39 is 0 Å². The molecule has 0 bridgehead atoms. The van der Waals surface area contributed by atoms with Crippen LogP contribution in [0.1, 0.15) is 5.56 Å². The van der Waals surface area contributed by atoms with Crippen LogP contribution in [0.25, 0.3) is 6.08 Å². The Morgan fingerprint density at radius 2 is 1.35 bits per heavy atom. The van der Waals surface area contributed by atoms with Crippen molar-refractivity contribution in [1.29, 1.82) is 10.5 Å². The molecule has 4 heteroatoms. The minimum atomic E-state index is 0.0728. The summed E-state index contributed by atoms with van der Waals surface area (Å²) >= 11 is 0. The third kappa shape index (κ3) is 3.63. The monoisotopic (exact) mass is 258 g/mol. The smallest absolute Gasteiger partial charge is 0.130 e. The molecule has 2 aromatic carbocycles. The van der Waals surface area contributed by atoms with Gasteiger partial charge >= 0.3 is 0 Å². The van der Waals surface area contributed by atoms with Crippen molar-refractivity contribution in [3.05, 3.63) is 65.7 Å². The lowest BCUT2D eigenvalue weighted by atomic mass is 10.1. The first-order chi connectivity index (χ1) is 9.81. The van der Waals surface area contributed by atoms with E-state index in [4.69, 9.17) is 10.5 Å².